The van der Waals surface area contributed by atoms with Crippen molar-refractivity contribution in [2.24, 2.45) is 9.98 Å². The van der Waals surface area contributed by atoms with Crippen LogP contribution in [0.1, 0.15) is 35.6 Å². The minimum Gasteiger partial charge on any atom is -0.458 e. The molecule has 0 aliphatic heterocycles. The summed E-state index contributed by atoms with van der Waals surface area (Å²) in [5.74, 6) is 0. The number of rotatable bonds is 10. The van der Waals surface area contributed by atoms with Crippen molar-refractivity contribution in [1.29, 1.82) is 5.41 Å². The number of hydrogen-bond acceptors (Lipinski definition) is 6. The number of aryl methyl sites for hydroxylation is 2. The minimum atomic E-state index is -1.34. The molecule has 0 bridgehead atoms. The van der Waals surface area contributed by atoms with Crippen LogP contribution < -0.4 is 0 Å². The van der Waals surface area contributed by atoms with Gasteiger partial charge in [-0.2, -0.15) is 0 Å². The van der Waals surface area contributed by atoms with Gasteiger partial charge in [0.05, 0.1) is 12.3 Å². The van der Waals surface area contributed by atoms with Gasteiger partial charge >= 0.3 is 6.02 Å². The summed E-state index contributed by atoms with van der Waals surface area (Å²) >= 11 is 0. The Labute approximate surface area is 224 Å². The van der Waals surface area contributed by atoms with E-state index in [4.69, 9.17) is 15.3 Å². The monoisotopic (exact) mass is 513 g/mol. The second-order valence-electron chi connectivity index (χ2n) is 9.15. The summed E-state index contributed by atoms with van der Waals surface area (Å²) in [6.07, 6.45) is -1.61. The molecular weight excluding hydrogens is 478 g/mol. The Morgan fingerprint density at radius 3 is 2.11 bits per heavy atom. The number of benzene rings is 3. The molecule has 3 aromatic carbocycles. The van der Waals surface area contributed by atoms with Gasteiger partial charge in [0.2, 0.25) is 0 Å². The molecule has 0 heterocycles. The average molecular weight is 514 g/mol. The van der Waals surface area contributed by atoms with Gasteiger partial charge in [-0.05, 0) is 77.6 Å². The zero-order chi connectivity index (χ0) is 27.8. The molecule has 3 rings (SSSR count). The lowest BCUT2D eigenvalue weighted by molar-refractivity contribution is -0.0726. The highest BCUT2D eigenvalue weighted by Gasteiger charge is 2.26. The van der Waals surface area contributed by atoms with Crippen molar-refractivity contribution in [3.05, 3.63) is 89.5 Å². The molecule has 3 atom stereocenters. The lowest BCUT2D eigenvalue weighted by atomic mass is 9.94. The molecular formula is C31H35N3O4. The van der Waals surface area contributed by atoms with Crippen LogP contribution in [0.15, 0.2) is 77.2 Å². The number of nitrogens with one attached hydrogen (secondary N) is 1. The van der Waals surface area contributed by atoms with E-state index >= 15 is 0 Å². The summed E-state index contributed by atoms with van der Waals surface area (Å²) in [6, 6.07) is 20.2. The van der Waals surface area contributed by atoms with Crippen molar-refractivity contribution < 1.29 is 20.1 Å². The van der Waals surface area contributed by atoms with Gasteiger partial charge in [-0.15, -0.1) is 0 Å². The molecule has 0 saturated heterocycles. The zero-order valence-corrected chi connectivity index (χ0v) is 22.1. The second-order valence-corrected chi connectivity index (χ2v) is 9.15. The van der Waals surface area contributed by atoms with E-state index in [0.29, 0.717) is 12.1 Å². The smallest absolute Gasteiger partial charge is 0.309 e. The van der Waals surface area contributed by atoms with Gasteiger partial charge in [0, 0.05) is 6.21 Å². The number of amidine groups is 1. The van der Waals surface area contributed by atoms with E-state index in [-0.39, 0.29) is 6.02 Å². The highest BCUT2D eigenvalue weighted by Crippen LogP contribution is 2.29. The molecule has 0 radical (unpaired) electrons. The van der Waals surface area contributed by atoms with Gasteiger partial charge < -0.3 is 20.1 Å². The van der Waals surface area contributed by atoms with Crippen LogP contribution in [0.5, 0.6) is 0 Å². The molecule has 7 nitrogen and oxygen atoms in total. The lowest BCUT2D eigenvalue weighted by Crippen LogP contribution is -2.41. The van der Waals surface area contributed by atoms with Crippen LogP contribution in [-0.2, 0) is 4.74 Å². The van der Waals surface area contributed by atoms with E-state index in [1.165, 1.54) is 0 Å². The Hall–Kier alpha value is -3.91. The molecule has 4 N–H and O–H groups in total. The van der Waals surface area contributed by atoms with E-state index in [0.717, 1.165) is 44.5 Å². The van der Waals surface area contributed by atoms with Crippen molar-refractivity contribution >= 4 is 24.7 Å². The molecule has 3 aromatic rings. The Balaban J connectivity index is 1.74. The Bertz CT molecular complexity index is 1310. The second kappa shape index (κ2) is 13.1. The topological polar surface area (TPSA) is 118 Å². The van der Waals surface area contributed by atoms with E-state index < -0.39 is 24.9 Å². The first-order chi connectivity index (χ1) is 18.2. The van der Waals surface area contributed by atoms with E-state index in [1.54, 1.807) is 13.1 Å². The van der Waals surface area contributed by atoms with E-state index in [1.807, 2.05) is 44.2 Å². The third-order valence-corrected chi connectivity index (χ3v) is 6.50. The fraction of sp³-hybridized carbons (Fsp3) is 0.258. The maximum atomic E-state index is 10.1. The Morgan fingerprint density at radius 2 is 1.55 bits per heavy atom. The normalized spacial score (nSPS) is 13.6. The molecule has 7 heteroatoms. The van der Waals surface area contributed by atoms with Crippen LogP contribution in [-0.4, -0.2) is 59.2 Å². The van der Waals surface area contributed by atoms with E-state index in [2.05, 4.69) is 53.6 Å². The predicted molar refractivity (Wildman–Crippen MR) is 155 cm³/mol. The summed E-state index contributed by atoms with van der Waals surface area (Å²) in [7, 11) is 0. The van der Waals surface area contributed by atoms with Crippen molar-refractivity contribution in [3.63, 3.8) is 0 Å². The molecule has 0 fully saturated rings. The van der Waals surface area contributed by atoms with Crippen LogP contribution in [0.2, 0.25) is 0 Å². The molecule has 0 aromatic heterocycles. The number of aliphatic imine (C=N–C) groups is 2. The fourth-order valence-corrected chi connectivity index (χ4v) is 4.13. The quantitative estimate of drug-likeness (QED) is 0.221. The van der Waals surface area contributed by atoms with Crippen molar-refractivity contribution in [3.8, 4) is 22.3 Å². The highest BCUT2D eigenvalue weighted by molar-refractivity contribution is 5.92. The molecule has 0 saturated carbocycles. The first kappa shape index (κ1) is 28.7. The molecule has 0 aliphatic carbocycles. The SMILES string of the molecule is C=NC(=C)c1ccc(-c2ccc(-c3cc(C)c(C=NC(=N)OC(CC)C(O)C(O)CO)cc3C)cc2)cc1. The number of hydrogen-bond donors (Lipinski definition) is 4. The number of aliphatic hydroxyl groups is 3. The van der Waals surface area contributed by atoms with Crippen LogP contribution in [0.4, 0.5) is 0 Å². The third-order valence-electron chi connectivity index (χ3n) is 6.50. The summed E-state index contributed by atoms with van der Waals surface area (Å²) < 4.78 is 5.39. The van der Waals surface area contributed by atoms with Crippen molar-refractivity contribution in [2.75, 3.05) is 6.61 Å². The van der Waals surface area contributed by atoms with Gasteiger partial charge in [0.1, 0.15) is 18.3 Å². The predicted octanol–water partition coefficient (Wildman–Crippen LogP) is 5.17. The molecule has 0 amide bonds. The molecule has 0 spiro atoms. The molecule has 198 valence electrons. The Morgan fingerprint density at radius 1 is 0.974 bits per heavy atom. The number of nitrogens with zero attached hydrogens (tertiary/aromatic N) is 2. The van der Waals surface area contributed by atoms with Gasteiger partial charge in [-0.1, -0.05) is 68.1 Å². The number of ether oxygens (including phenoxy) is 1. The van der Waals surface area contributed by atoms with E-state index in [9.17, 15) is 10.2 Å². The first-order valence-electron chi connectivity index (χ1n) is 12.4. The fourth-order valence-electron chi connectivity index (χ4n) is 4.13. The van der Waals surface area contributed by atoms with Crippen LogP contribution >= 0.6 is 0 Å². The molecule has 0 aliphatic rings. The average Bonchev–Trinajstić information content (AvgIpc) is 2.95. The Kier molecular flexibility index (Phi) is 9.85. The third kappa shape index (κ3) is 6.89. The zero-order valence-electron chi connectivity index (χ0n) is 22.1. The first-order valence-corrected chi connectivity index (χ1v) is 12.4. The summed E-state index contributed by atoms with van der Waals surface area (Å²) in [5.41, 5.74) is 8.89. The standard InChI is InChI=1S/C31H35N3O4/c1-6-29(30(37)28(36)18-35)38-31(32)34-17-26-15-20(3)27(16-19(26)2)25-13-11-24(12-14-25)23-9-7-22(8-10-23)21(4)33-5/h7-17,28-30,32,35-37H,4-6,18H2,1-3H3. The maximum Gasteiger partial charge on any atom is 0.309 e. The largest absolute Gasteiger partial charge is 0.458 e. The highest BCUT2D eigenvalue weighted by atomic mass is 16.5. The summed E-state index contributed by atoms with van der Waals surface area (Å²) in [5, 5.41) is 36.8. The summed E-state index contributed by atoms with van der Waals surface area (Å²) in [6.45, 7) is 12.6. The van der Waals surface area contributed by atoms with Crippen molar-refractivity contribution in [2.45, 2.75) is 45.5 Å². The van der Waals surface area contributed by atoms with Crippen LogP contribution in [0.3, 0.4) is 0 Å². The van der Waals surface area contributed by atoms with Crippen LogP contribution in [0, 0.1) is 19.3 Å². The number of aliphatic hydroxyl groups excluding tert-OH is 3. The van der Waals surface area contributed by atoms with Gasteiger partial charge in [0.25, 0.3) is 0 Å². The molecule has 38 heavy (non-hydrogen) atoms. The lowest BCUT2D eigenvalue weighted by Gasteiger charge is -2.24. The summed E-state index contributed by atoms with van der Waals surface area (Å²) in [4.78, 5) is 7.97. The maximum absolute atomic E-state index is 10.1. The van der Waals surface area contributed by atoms with Gasteiger partial charge in [-0.3, -0.25) is 4.99 Å². The van der Waals surface area contributed by atoms with Gasteiger partial charge in [-0.25, -0.2) is 10.4 Å². The van der Waals surface area contributed by atoms with Crippen LogP contribution in [0.25, 0.3) is 28.0 Å². The van der Waals surface area contributed by atoms with Gasteiger partial charge in [0.15, 0.2) is 0 Å². The minimum absolute atomic E-state index is 0.343. The van der Waals surface area contributed by atoms with Crippen molar-refractivity contribution in [1.82, 2.24) is 0 Å². The molecule has 3 unspecified atom stereocenters.